The van der Waals surface area contributed by atoms with E-state index in [0.717, 1.165) is 19.3 Å². The number of nitrogens with two attached hydrogens (primary N) is 1. The highest BCUT2D eigenvalue weighted by Gasteiger charge is 2.18. The lowest BCUT2D eigenvalue weighted by atomic mass is 9.85. The molecule has 5 heteroatoms. The largest absolute Gasteiger partial charge is 0.477 e. The second kappa shape index (κ2) is 6.35. The van der Waals surface area contributed by atoms with Crippen molar-refractivity contribution in [1.29, 1.82) is 0 Å². The van der Waals surface area contributed by atoms with Crippen molar-refractivity contribution in [3.05, 3.63) is 30.2 Å². The minimum Gasteiger partial charge on any atom is -0.477 e. The van der Waals surface area contributed by atoms with Crippen LogP contribution < -0.4 is 10.5 Å². The Morgan fingerprint density at radius 3 is 2.81 bits per heavy atom. The molecule has 0 aliphatic heterocycles. The zero-order chi connectivity index (χ0) is 14.7. The molecule has 0 amide bonds. The van der Waals surface area contributed by atoms with Crippen molar-refractivity contribution in [3.63, 3.8) is 0 Å². The number of fused-ring (bicyclic) bond motifs is 1. The topological polar surface area (TPSA) is 61.0 Å². The maximum Gasteiger partial charge on any atom is 0.232 e. The fraction of sp³-hybridized carbons (Fsp3) is 0.500. The summed E-state index contributed by atoms with van der Waals surface area (Å²) in [7, 11) is 0. The molecule has 1 fully saturated rings. The Labute approximate surface area is 123 Å². The van der Waals surface area contributed by atoms with Gasteiger partial charge in [-0.1, -0.05) is 0 Å². The fourth-order valence-electron chi connectivity index (χ4n) is 2.84. The summed E-state index contributed by atoms with van der Waals surface area (Å²) >= 11 is 0. The Hall–Kier alpha value is -1.75. The van der Waals surface area contributed by atoms with Crippen molar-refractivity contribution in [3.8, 4) is 5.88 Å². The maximum atomic E-state index is 13.2. The van der Waals surface area contributed by atoms with Gasteiger partial charge in [0.25, 0.3) is 0 Å². The molecular weight excluding hydrogens is 269 g/mol. The Kier molecular flexibility index (Phi) is 4.29. The standard InChI is InChI=1S/C16H20FN3O/c17-12-3-6-14-15(9-12)20-16(10-19-14)21-8-7-11-1-4-13(18)5-2-11/h3,6,9-11,13H,1-2,4-5,7-8,18H2. The molecule has 0 spiro atoms. The van der Waals surface area contributed by atoms with E-state index in [9.17, 15) is 4.39 Å². The summed E-state index contributed by atoms with van der Waals surface area (Å²) in [6.45, 7) is 0.620. The fourth-order valence-corrected chi connectivity index (χ4v) is 2.84. The summed E-state index contributed by atoms with van der Waals surface area (Å²) in [6.07, 6.45) is 7.18. The Bertz CT molecular complexity index is 611. The van der Waals surface area contributed by atoms with Gasteiger partial charge in [-0.05, 0) is 50.2 Å². The van der Waals surface area contributed by atoms with Gasteiger partial charge in [0.15, 0.2) is 0 Å². The molecule has 0 saturated heterocycles. The van der Waals surface area contributed by atoms with Gasteiger partial charge in [-0.3, -0.25) is 0 Å². The van der Waals surface area contributed by atoms with Gasteiger partial charge in [-0.25, -0.2) is 14.4 Å². The van der Waals surface area contributed by atoms with Gasteiger partial charge in [-0.2, -0.15) is 0 Å². The average molecular weight is 289 g/mol. The SMILES string of the molecule is NC1CCC(CCOc2cnc3ccc(F)cc3n2)CC1. The normalized spacial score (nSPS) is 22.4. The molecule has 2 aromatic rings. The number of rotatable bonds is 4. The molecule has 1 aliphatic rings. The first-order valence-corrected chi connectivity index (χ1v) is 7.51. The van der Waals surface area contributed by atoms with Crippen LogP contribution in [0.25, 0.3) is 11.0 Å². The first-order valence-electron chi connectivity index (χ1n) is 7.51. The van der Waals surface area contributed by atoms with Crippen molar-refractivity contribution < 1.29 is 9.13 Å². The number of benzene rings is 1. The third-order valence-corrected chi connectivity index (χ3v) is 4.15. The Morgan fingerprint density at radius 1 is 1.19 bits per heavy atom. The molecule has 1 aliphatic carbocycles. The van der Waals surface area contributed by atoms with Gasteiger partial charge in [0.1, 0.15) is 5.82 Å². The monoisotopic (exact) mass is 289 g/mol. The number of nitrogens with zero attached hydrogens (tertiary/aromatic N) is 2. The highest BCUT2D eigenvalue weighted by Crippen LogP contribution is 2.26. The van der Waals surface area contributed by atoms with Gasteiger partial charge in [0.05, 0.1) is 23.8 Å². The molecule has 0 unspecified atom stereocenters. The van der Waals surface area contributed by atoms with E-state index in [-0.39, 0.29) is 5.82 Å². The predicted octanol–water partition coefficient (Wildman–Crippen LogP) is 3.06. The summed E-state index contributed by atoms with van der Waals surface area (Å²) in [5, 5.41) is 0. The predicted molar refractivity (Wildman–Crippen MR) is 79.5 cm³/mol. The van der Waals surface area contributed by atoms with Gasteiger partial charge >= 0.3 is 0 Å². The molecule has 4 nitrogen and oxygen atoms in total. The highest BCUT2D eigenvalue weighted by atomic mass is 19.1. The number of hydrogen-bond donors (Lipinski definition) is 1. The van der Waals surface area contributed by atoms with Crippen molar-refractivity contribution in [2.75, 3.05) is 6.61 Å². The molecule has 1 saturated carbocycles. The van der Waals surface area contributed by atoms with Crippen LogP contribution in [0.4, 0.5) is 4.39 Å². The van der Waals surface area contributed by atoms with E-state index in [1.807, 2.05) is 0 Å². The number of halogens is 1. The van der Waals surface area contributed by atoms with E-state index in [1.54, 1.807) is 12.3 Å². The van der Waals surface area contributed by atoms with Gasteiger partial charge in [-0.15, -0.1) is 0 Å². The third-order valence-electron chi connectivity index (χ3n) is 4.15. The van der Waals surface area contributed by atoms with Crippen LogP contribution >= 0.6 is 0 Å². The van der Waals surface area contributed by atoms with Crippen molar-refractivity contribution in [2.24, 2.45) is 11.7 Å². The van der Waals surface area contributed by atoms with Crippen LogP contribution in [0.3, 0.4) is 0 Å². The summed E-state index contributed by atoms with van der Waals surface area (Å²) in [4.78, 5) is 8.51. The quantitative estimate of drug-likeness (QED) is 0.939. The molecule has 0 radical (unpaired) electrons. The molecule has 0 bridgehead atoms. The Morgan fingerprint density at radius 2 is 2.00 bits per heavy atom. The molecule has 21 heavy (non-hydrogen) atoms. The van der Waals surface area contributed by atoms with E-state index >= 15 is 0 Å². The van der Waals surface area contributed by atoms with Crippen LogP contribution in [-0.4, -0.2) is 22.6 Å². The van der Waals surface area contributed by atoms with Crippen LogP contribution in [0.1, 0.15) is 32.1 Å². The first kappa shape index (κ1) is 14.2. The lowest BCUT2D eigenvalue weighted by molar-refractivity contribution is 0.232. The maximum absolute atomic E-state index is 13.2. The summed E-state index contributed by atoms with van der Waals surface area (Å²) < 4.78 is 18.8. The number of aromatic nitrogens is 2. The minimum atomic E-state index is -0.313. The van der Waals surface area contributed by atoms with E-state index in [4.69, 9.17) is 10.5 Å². The lowest BCUT2D eigenvalue weighted by Gasteiger charge is -2.25. The van der Waals surface area contributed by atoms with Crippen LogP contribution in [0.5, 0.6) is 5.88 Å². The second-order valence-corrected chi connectivity index (χ2v) is 5.76. The van der Waals surface area contributed by atoms with Crippen LogP contribution in [0.15, 0.2) is 24.4 Å². The van der Waals surface area contributed by atoms with Crippen molar-refractivity contribution >= 4 is 11.0 Å². The first-order chi connectivity index (χ1) is 10.2. The van der Waals surface area contributed by atoms with E-state index in [0.29, 0.717) is 35.5 Å². The molecular formula is C16H20FN3O. The highest BCUT2D eigenvalue weighted by molar-refractivity contribution is 5.74. The molecule has 1 heterocycles. The smallest absolute Gasteiger partial charge is 0.232 e. The molecule has 1 aromatic heterocycles. The molecule has 112 valence electrons. The van der Waals surface area contributed by atoms with E-state index in [1.165, 1.54) is 25.0 Å². The van der Waals surface area contributed by atoms with Crippen LogP contribution in [-0.2, 0) is 0 Å². The lowest BCUT2D eigenvalue weighted by Crippen LogP contribution is -2.27. The zero-order valence-corrected chi connectivity index (χ0v) is 12.0. The van der Waals surface area contributed by atoms with Gasteiger partial charge < -0.3 is 10.5 Å². The van der Waals surface area contributed by atoms with Crippen LogP contribution in [0.2, 0.25) is 0 Å². The number of ether oxygens (including phenoxy) is 1. The average Bonchev–Trinajstić information content (AvgIpc) is 2.49. The molecule has 1 aromatic carbocycles. The summed E-state index contributed by atoms with van der Waals surface area (Å²) in [6, 6.07) is 4.75. The zero-order valence-electron chi connectivity index (χ0n) is 12.0. The minimum absolute atomic E-state index is 0.313. The van der Waals surface area contributed by atoms with Gasteiger partial charge in [0, 0.05) is 12.1 Å². The van der Waals surface area contributed by atoms with E-state index < -0.39 is 0 Å². The molecule has 2 N–H and O–H groups in total. The van der Waals surface area contributed by atoms with Crippen molar-refractivity contribution in [1.82, 2.24) is 9.97 Å². The Balaban J connectivity index is 1.55. The van der Waals surface area contributed by atoms with Crippen molar-refractivity contribution in [2.45, 2.75) is 38.1 Å². The second-order valence-electron chi connectivity index (χ2n) is 5.76. The summed E-state index contributed by atoms with van der Waals surface area (Å²) in [5.74, 6) is 0.837. The summed E-state index contributed by atoms with van der Waals surface area (Å²) in [5.41, 5.74) is 7.10. The number of hydrogen-bond acceptors (Lipinski definition) is 4. The molecule has 3 rings (SSSR count). The van der Waals surface area contributed by atoms with Gasteiger partial charge in [0.2, 0.25) is 5.88 Å². The third kappa shape index (κ3) is 3.67. The van der Waals surface area contributed by atoms with E-state index in [2.05, 4.69) is 9.97 Å². The van der Waals surface area contributed by atoms with Crippen LogP contribution in [0, 0.1) is 11.7 Å². The molecule has 0 atom stereocenters.